The molecule has 0 aromatic heterocycles. The van der Waals surface area contributed by atoms with Gasteiger partial charge in [0.15, 0.2) is 0 Å². The molecule has 1 aromatic carbocycles. The summed E-state index contributed by atoms with van der Waals surface area (Å²) < 4.78 is 26.8. The highest BCUT2D eigenvalue weighted by Gasteiger charge is 2.22. The molecule has 0 radical (unpaired) electrons. The van der Waals surface area contributed by atoms with Gasteiger partial charge in [-0.2, -0.15) is 0 Å². The molecule has 19 heavy (non-hydrogen) atoms. The van der Waals surface area contributed by atoms with Gasteiger partial charge < -0.3 is 0 Å². The van der Waals surface area contributed by atoms with Gasteiger partial charge in [-0.25, -0.2) is 13.1 Å². The van der Waals surface area contributed by atoms with Crippen molar-refractivity contribution < 1.29 is 8.42 Å². The van der Waals surface area contributed by atoms with E-state index >= 15 is 0 Å². The molecule has 3 nitrogen and oxygen atoms in total. The van der Waals surface area contributed by atoms with E-state index in [-0.39, 0.29) is 15.3 Å². The summed E-state index contributed by atoms with van der Waals surface area (Å²) in [5.41, 5.74) is -0.203. The van der Waals surface area contributed by atoms with Gasteiger partial charge in [0.25, 0.3) is 0 Å². The topological polar surface area (TPSA) is 46.2 Å². The van der Waals surface area contributed by atoms with E-state index in [1.165, 1.54) is 18.2 Å². The molecule has 7 heteroatoms. The van der Waals surface area contributed by atoms with Crippen molar-refractivity contribution >= 4 is 44.8 Å². The van der Waals surface area contributed by atoms with E-state index in [0.717, 1.165) is 6.42 Å². The molecule has 0 aliphatic carbocycles. The Morgan fingerprint density at radius 2 is 1.84 bits per heavy atom. The fourth-order valence-corrected chi connectivity index (χ4v) is 3.50. The largest absolute Gasteiger partial charge is 0.240 e. The zero-order chi connectivity index (χ0) is 14.7. The second-order valence-corrected chi connectivity index (χ2v) is 7.96. The van der Waals surface area contributed by atoms with Crippen LogP contribution in [0.3, 0.4) is 0 Å². The van der Waals surface area contributed by atoms with Crippen molar-refractivity contribution in [2.45, 2.75) is 25.2 Å². The molecule has 1 rings (SSSR count). The monoisotopic (exact) mass is 343 g/mol. The van der Waals surface area contributed by atoms with Crippen LogP contribution < -0.4 is 4.72 Å². The van der Waals surface area contributed by atoms with Gasteiger partial charge in [-0.05, 0) is 30.0 Å². The third-order valence-electron chi connectivity index (χ3n) is 2.71. The van der Waals surface area contributed by atoms with Gasteiger partial charge in [0.2, 0.25) is 10.0 Å². The van der Waals surface area contributed by atoms with Crippen LogP contribution in [-0.2, 0) is 10.0 Å². The molecule has 0 amide bonds. The smallest absolute Gasteiger partial charge is 0.211 e. The highest BCUT2D eigenvalue weighted by atomic mass is 35.5. The Balaban J connectivity index is 2.84. The van der Waals surface area contributed by atoms with Crippen LogP contribution in [0.1, 0.15) is 20.3 Å². The minimum absolute atomic E-state index is 0.101. The van der Waals surface area contributed by atoms with Gasteiger partial charge in [0.1, 0.15) is 0 Å². The second kappa shape index (κ2) is 6.64. The number of hydrogen-bond acceptors (Lipinski definition) is 2. The highest BCUT2D eigenvalue weighted by Crippen LogP contribution is 2.25. The third kappa shape index (κ3) is 5.12. The van der Waals surface area contributed by atoms with Gasteiger partial charge in [-0.1, -0.05) is 37.0 Å². The average molecular weight is 345 g/mol. The van der Waals surface area contributed by atoms with E-state index in [4.69, 9.17) is 34.8 Å². The van der Waals surface area contributed by atoms with Crippen molar-refractivity contribution in [2.24, 2.45) is 5.41 Å². The van der Waals surface area contributed by atoms with Crippen LogP contribution in [0.5, 0.6) is 0 Å². The lowest BCUT2D eigenvalue weighted by Gasteiger charge is -2.23. The zero-order valence-electron chi connectivity index (χ0n) is 10.7. The molecule has 0 spiro atoms. The Bertz CT molecular complexity index is 544. The number of sulfonamides is 1. The van der Waals surface area contributed by atoms with Crippen LogP contribution in [0, 0.1) is 5.41 Å². The predicted octanol–water partition coefficient (Wildman–Crippen LogP) is 3.93. The van der Waals surface area contributed by atoms with Gasteiger partial charge in [-0.3, -0.25) is 0 Å². The highest BCUT2D eigenvalue weighted by molar-refractivity contribution is 7.89. The standard InChI is InChI=1S/C12H16Cl3NO2S/c1-12(2,5-6-13)8-16-19(17,18)9-3-4-10(14)11(15)7-9/h3-4,7,16H,5-6,8H2,1-2H3. The first-order valence-corrected chi connectivity index (χ1v) is 8.46. The van der Waals surface area contributed by atoms with E-state index in [9.17, 15) is 8.42 Å². The van der Waals surface area contributed by atoms with Gasteiger partial charge in [0.05, 0.1) is 14.9 Å². The van der Waals surface area contributed by atoms with Crippen molar-refractivity contribution in [2.75, 3.05) is 12.4 Å². The van der Waals surface area contributed by atoms with E-state index in [1.807, 2.05) is 13.8 Å². The van der Waals surface area contributed by atoms with E-state index in [2.05, 4.69) is 4.72 Å². The molecule has 1 aromatic rings. The fraction of sp³-hybridized carbons (Fsp3) is 0.500. The maximum Gasteiger partial charge on any atom is 0.240 e. The average Bonchev–Trinajstić information content (AvgIpc) is 2.30. The molecule has 0 saturated carbocycles. The third-order valence-corrected chi connectivity index (χ3v) is 5.04. The molecule has 1 N–H and O–H groups in total. The molecular weight excluding hydrogens is 329 g/mol. The quantitative estimate of drug-likeness (QED) is 0.795. The van der Waals surface area contributed by atoms with Crippen molar-refractivity contribution in [1.29, 1.82) is 0 Å². The summed E-state index contributed by atoms with van der Waals surface area (Å²) >= 11 is 17.3. The number of alkyl halides is 1. The second-order valence-electron chi connectivity index (χ2n) is 5.00. The SMILES string of the molecule is CC(C)(CCCl)CNS(=O)(=O)c1ccc(Cl)c(Cl)c1. The molecule has 0 aliphatic rings. The van der Waals surface area contributed by atoms with Crippen LogP contribution in [0.4, 0.5) is 0 Å². The fourth-order valence-electron chi connectivity index (χ4n) is 1.36. The minimum Gasteiger partial charge on any atom is -0.211 e. The van der Waals surface area contributed by atoms with Crippen LogP contribution in [0.25, 0.3) is 0 Å². The summed E-state index contributed by atoms with van der Waals surface area (Å²) in [4.78, 5) is 0.101. The summed E-state index contributed by atoms with van der Waals surface area (Å²) in [5, 5.41) is 0.535. The lowest BCUT2D eigenvalue weighted by atomic mass is 9.91. The molecular formula is C12H16Cl3NO2S. The molecule has 0 bridgehead atoms. The number of benzene rings is 1. The molecule has 0 atom stereocenters. The summed E-state index contributed by atoms with van der Waals surface area (Å²) in [5.74, 6) is 0.488. The minimum atomic E-state index is -3.59. The van der Waals surface area contributed by atoms with E-state index in [1.54, 1.807) is 0 Å². The van der Waals surface area contributed by atoms with Crippen LogP contribution >= 0.6 is 34.8 Å². The first-order valence-electron chi connectivity index (χ1n) is 5.69. The zero-order valence-corrected chi connectivity index (χ0v) is 13.8. The summed E-state index contributed by atoms with van der Waals surface area (Å²) in [6, 6.07) is 4.22. The van der Waals surface area contributed by atoms with Crippen LogP contribution in [-0.4, -0.2) is 20.8 Å². The molecule has 0 heterocycles. The molecule has 0 fully saturated rings. The number of halogens is 3. The number of hydrogen-bond donors (Lipinski definition) is 1. The Morgan fingerprint density at radius 3 is 2.37 bits per heavy atom. The van der Waals surface area contributed by atoms with E-state index in [0.29, 0.717) is 17.4 Å². The van der Waals surface area contributed by atoms with Gasteiger partial charge in [0, 0.05) is 12.4 Å². The van der Waals surface area contributed by atoms with Gasteiger partial charge >= 0.3 is 0 Å². The number of rotatable bonds is 6. The summed E-state index contributed by atoms with van der Waals surface area (Å²) in [6.07, 6.45) is 0.721. The first kappa shape index (κ1) is 17.1. The maximum absolute atomic E-state index is 12.1. The lowest BCUT2D eigenvalue weighted by molar-refractivity contribution is 0.352. The lowest BCUT2D eigenvalue weighted by Crippen LogP contribution is -2.34. The van der Waals surface area contributed by atoms with Crippen molar-refractivity contribution in [3.05, 3.63) is 28.2 Å². The Labute approximate surface area is 129 Å². The summed E-state index contributed by atoms with van der Waals surface area (Å²) in [6.45, 7) is 4.21. The van der Waals surface area contributed by atoms with Gasteiger partial charge in [-0.15, -0.1) is 11.6 Å². The summed E-state index contributed by atoms with van der Waals surface area (Å²) in [7, 11) is -3.59. The Morgan fingerprint density at radius 1 is 1.21 bits per heavy atom. The van der Waals surface area contributed by atoms with E-state index < -0.39 is 10.0 Å². The van der Waals surface area contributed by atoms with Crippen molar-refractivity contribution in [3.8, 4) is 0 Å². The predicted molar refractivity (Wildman–Crippen MR) is 80.8 cm³/mol. The van der Waals surface area contributed by atoms with Crippen LogP contribution in [0.15, 0.2) is 23.1 Å². The Hall–Kier alpha value is -0.000000000000000111. The molecule has 0 aliphatic heterocycles. The van der Waals surface area contributed by atoms with Crippen molar-refractivity contribution in [1.82, 2.24) is 4.72 Å². The number of nitrogens with one attached hydrogen (secondary N) is 1. The van der Waals surface area contributed by atoms with Crippen molar-refractivity contribution in [3.63, 3.8) is 0 Å². The Kier molecular flexibility index (Phi) is 5.96. The van der Waals surface area contributed by atoms with Crippen LogP contribution in [0.2, 0.25) is 10.0 Å². The molecule has 0 unspecified atom stereocenters. The molecule has 0 saturated heterocycles. The molecule has 108 valence electrons. The normalized spacial score (nSPS) is 12.7. The maximum atomic E-state index is 12.1. The first-order chi connectivity index (χ1) is 8.68.